The number of benzene rings is 1. The average molecular weight is 217 g/mol. The molecule has 2 aromatic rings. The third kappa shape index (κ3) is 1.87. The van der Waals surface area contributed by atoms with E-state index < -0.39 is 0 Å². The number of nitrogens with two attached hydrogens (primary N) is 2. The van der Waals surface area contributed by atoms with Crippen molar-refractivity contribution in [1.29, 1.82) is 0 Å². The van der Waals surface area contributed by atoms with Gasteiger partial charge in [0.2, 0.25) is 0 Å². The van der Waals surface area contributed by atoms with E-state index in [9.17, 15) is 0 Å². The molecule has 0 bridgehead atoms. The van der Waals surface area contributed by atoms with Crippen molar-refractivity contribution >= 4 is 11.4 Å². The van der Waals surface area contributed by atoms with E-state index in [4.69, 9.17) is 16.6 Å². The van der Waals surface area contributed by atoms with Gasteiger partial charge in [-0.1, -0.05) is 0 Å². The summed E-state index contributed by atoms with van der Waals surface area (Å²) < 4.78 is 0. The second-order valence-electron chi connectivity index (χ2n) is 3.69. The number of aliphatic hydroxyl groups excluding tert-OH is 1. The molecule has 0 radical (unpaired) electrons. The fourth-order valence-corrected chi connectivity index (χ4v) is 1.85. The standard InChI is InChI=1S/C12H15N3O/c13-8-6-10(12-2-1-4-15-12)9(3-5-16)11(14)7-8/h1-2,4,6-7,15-16H,3,5,13-14H2. The molecule has 0 aliphatic heterocycles. The maximum Gasteiger partial charge on any atom is 0.0472 e. The maximum atomic E-state index is 9.04. The van der Waals surface area contributed by atoms with E-state index in [2.05, 4.69) is 4.98 Å². The molecule has 0 aliphatic carbocycles. The van der Waals surface area contributed by atoms with E-state index in [1.807, 2.05) is 24.4 Å². The van der Waals surface area contributed by atoms with Gasteiger partial charge in [-0.2, -0.15) is 0 Å². The van der Waals surface area contributed by atoms with Crippen molar-refractivity contribution in [2.45, 2.75) is 6.42 Å². The molecule has 84 valence electrons. The van der Waals surface area contributed by atoms with E-state index in [1.165, 1.54) is 0 Å². The fraction of sp³-hybridized carbons (Fsp3) is 0.167. The molecule has 1 heterocycles. The van der Waals surface area contributed by atoms with Crippen LogP contribution in [-0.4, -0.2) is 16.7 Å². The Morgan fingerprint density at radius 2 is 2.06 bits per heavy atom. The lowest BCUT2D eigenvalue weighted by Crippen LogP contribution is -2.02. The first kappa shape index (κ1) is 10.6. The van der Waals surface area contributed by atoms with Gasteiger partial charge >= 0.3 is 0 Å². The molecule has 0 amide bonds. The van der Waals surface area contributed by atoms with E-state index in [0.29, 0.717) is 17.8 Å². The minimum Gasteiger partial charge on any atom is -0.399 e. The maximum absolute atomic E-state index is 9.04. The van der Waals surface area contributed by atoms with Crippen molar-refractivity contribution in [3.63, 3.8) is 0 Å². The minimum absolute atomic E-state index is 0.0713. The Balaban J connectivity index is 2.57. The molecule has 0 saturated heterocycles. The van der Waals surface area contributed by atoms with Gasteiger partial charge in [-0.15, -0.1) is 0 Å². The first-order valence-corrected chi connectivity index (χ1v) is 5.15. The van der Waals surface area contributed by atoms with Crippen LogP contribution < -0.4 is 11.5 Å². The molecule has 0 aliphatic rings. The van der Waals surface area contributed by atoms with Crippen LogP contribution in [0.4, 0.5) is 11.4 Å². The number of H-pyrrole nitrogens is 1. The van der Waals surface area contributed by atoms with E-state index in [1.54, 1.807) is 6.07 Å². The Morgan fingerprint density at radius 3 is 2.69 bits per heavy atom. The van der Waals surface area contributed by atoms with Crippen LogP contribution in [0.25, 0.3) is 11.3 Å². The Kier molecular flexibility index (Phi) is 2.83. The van der Waals surface area contributed by atoms with Crippen molar-refractivity contribution in [1.82, 2.24) is 4.98 Å². The Labute approximate surface area is 93.9 Å². The predicted molar refractivity (Wildman–Crippen MR) is 65.8 cm³/mol. The Bertz CT molecular complexity index is 477. The van der Waals surface area contributed by atoms with Crippen LogP contribution in [0.1, 0.15) is 5.56 Å². The van der Waals surface area contributed by atoms with E-state index in [0.717, 1.165) is 16.8 Å². The normalized spacial score (nSPS) is 10.6. The van der Waals surface area contributed by atoms with Crippen LogP contribution in [0.15, 0.2) is 30.5 Å². The lowest BCUT2D eigenvalue weighted by molar-refractivity contribution is 0.300. The van der Waals surface area contributed by atoms with E-state index >= 15 is 0 Å². The molecule has 0 atom stereocenters. The molecular formula is C12H15N3O. The lowest BCUT2D eigenvalue weighted by Gasteiger charge is -2.11. The van der Waals surface area contributed by atoms with Crippen LogP contribution in [-0.2, 0) is 6.42 Å². The number of aromatic amines is 1. The summed E-state index contributed by atoms with van der Waals surface area (Å²) in [4.78, 5) is 3.11. The van der Waals surface area contributed by atoms with Crippen LogP contribution in [0, 0.1) is 0 Å². The molecule has 6 N–H and O–H groups in total. The van der Waals surface area contributed by atoms with Crippen molar-refractivity contribution in [2.24, 2.45) is 0 Å². The van der Waals surface area contributed by atoms with Crippen molar-refractivity contribution < 1.29 is 5.11 Å². The van der Waals surface area contributed by atoms with Gasteiger partial charge < -0.3 is 21.6 Å². The molecule has 4 heteroatoms. The summed E-state index contributed by atoms with van der Waals surface area (Å²) in [7, 11) is 0. The van der Waals surface area contributed by atoms with Gasteiger partial charge in [0.25, 0.3) is 0 Å². The minimum atomic E-state index is 0.0713. The second kappa shape index (κ2) is 4.28. The molecular weight excluding hydrogens is 202 g/mol. The van der Waals surface area contributed by atoms with Gasteiger partial charge in [0.15, 0.2) is 0 Å². The van der Waals surface area contributed by atoms with Crippen LogP contribution in [0.3, 0.4) is 0 Å². The van der Waals surface area contributed by atoms with Gasteiger partial charge in [-0.05, 0) is 36.2 Å². The van der Waals surface area contributed by atoms with E-state index in [-0.39, 0.29) is 6.61 Å². The zero-order valence-corrected chi connectivity index (χ0v) is 8.90. The Hall–Kier alpha value is -1.94. The van der Waals surface area contributed by atoms with Crippen LogP contribution in [0.5, 0.6) is 0 Å². The highest BCUT2D eigenvalue weighted by molar-refractivity contribution is 5.75. The number of hydrogen-bond acceptors (Lipinski definition) is 3. The highest BCUT2D eigenvalue weighted by Gasteiger charge is 2.10. The van der Waals surface area contributed by atoms with Gasteiger partial charge in [-0.25, -0.2) is 0 Å². The quantitative estimate of drug-likeness (QED) is 0.586. The summed E-state index contributed by atoms with van der Waals surface area (Å²) in [5, 5.41) is 9.04. The molecule has 0 unspecified atom stereocenters. The molecule has 2 rings (SSSR count). The summed E-state index contributed by atoms with van der Waals surface area (Å²) in [6.45, 7) is 0.0713. The highest BCUT2D eigenvalue weighted by atomic mass is 16.2. The molecule has 4 nitrogen and oxygen atoms in total. The fourth-order valence-electron chi connectivity index (χ4n) is 1.85. The summed E-state index contributed by atoms with van der Waals surface area (Å²) in [6, 6.07) is 7.46. The molecule has 1 aromatic carbocycles. The largest absolute Gasteiger partial charge is 0.399 e. The average Bonchev–Trinajstić information content (AvgIpc) is 2.75. The first-order chi connectivity index (χ1) is 7.72. The molecule has 1 aromatic heterocycles. The number of nitrogens with one attached hydrogen (secondary N) is 1. The monoisotopic (exact) mass is 217 g/mol. The number of rotatable bonds is 3. The SMILES string of the molecule is Nc1cc(N)c(CCO)c(-c2ccc[nH]2)c1. The van der Waals surface area contributed by atoms with Gasteiger partial charge in [-0.3, -0.25) is 0 Å². The number of aromatic nitrogens is 1. The lowest BCUT2D eigenvalue weighted by atomic mass is 9.99. The number of anilines is 2. The van der Waals surface area contributed by atoms with Crippen LogP contribution >= 0.6 is 0 Å². The third-order valence-electron chi connectivity index (χ3n) is 2.56. The molecule has 0 spiro atoms. The van der Waals surface area contributed by atoms with Crippen molar-refractivity contribution in [3.8, 4) is 11.3 Å². The van der Waals surface area contributed by atoms with Gasteiger partial charge in [0.1, 0.15) is 0 Å². The highest BCUT2D eigenvalue weighted by Crippen LogP contribution is 2.29. The molecule has 16 heavy (non-hydrogen) atoms. The summed E-state index contributed by atoms with van der Waals surface area (Å²) >= 11 is 0. The van der Waals surface area contributed by atoms with Gasteiger partial charge in [0, 0.05) is 35.4 Å². The number of nitrogen functional groups attached to an aromatic ring is 2. The molecule has 0 saturated carbocycles. The Morgan fingerprint density at radius 1 is 1.25 bits per heavy atom. The smallest absolute Gasteiger partial charge is 0.0472 e. The van der Waals surface area contributed by atoms with Crippen molar-refractivity contribution in [3.05, 3.63) is 36.0 Å². The zero-order chi connectivity index (χ0) is 11.5. The number of hydrogen-bond donors (Lipinski definition) is 4. The predicted octanol–water partition coefficient (Wildman–Crippen LogP) is 1.38. The summed E-state index contributed by atoms with van der Waals surface area (Å²) in [5.41, 5.74) is 15.8. The molecule has 0 fully saturated rings. The first-order valence-electron chi connectivity index (χ1n) is 5.15. The van der Waals surface area contributed by atoms with Crippen LogP contribution in [0.2, 0.25) is 0 Å². The van der Waals surface area contributed by atoms with Crippen molar-refractivity contribution in [2.75, 3.05) is 18.1 Å². The van der Waals surface area contributed by atoms with Gasteiger partial charge in [0.05, 0.1) is 0 Å². The zero-order valence-electron chi connectivity index (χ0n) is 8.90. The third-order valence-corrected chi connectivity index (χ3v) is 2.56. The second-order valence-corrected chi connectivity index (χ2v) is 3.69. The topological polar surface area (TPSA) is 88.1 Å². The summed E-state index contributed by atoms with van der Waals surface area (Å²) in [5.74, 6) is 0. The number of aliphatic hydroxyl groups is 1. The summed E-state index contributed by atoms with van der Waals surface area (Å²) in [6.07, 6.45) is 2.37.